The number of aryl methyl sites for hydroxylation is 1. The number of amides is 1. The summed E-state index contributed by atoms with van der Waals surface area (Å²) in [7, 11) is -2.54. The number of para-hydroxylation sites is 1. The molecule has 0 atom stereocenters. The highest BCUT2D eigenvalue weighted by Gasteiger charge is 2.21. The molecule has 0 aromatic heterocycles. The quantitative estimate of drug-likeness (QED) is 0.838. The van der Waals surface area contributed by atoms with E-state index in [2.05, 4.69) is 10.1 Å². The highest BCUT2D eigenvalue weighted by Crippen LogP contribution is 2.17. The van der Waals surface area contributed by atoms with Gasteiger partial charge in [0.1, 0.15) is 5.75 Å². The Kier molecular flexibility index (Phi) is 5.35. The molecule has 0 aliphatic heterocycles. The van der Waals surface area contributed by atoms with E-state index in [4.69, 9.17) is 0 Å². The first kappa shape index (κ1) is 17.7. The Bertz CT molecular complexity index is 857. The molecule has 0 saturated heterocycles. The van der Waals surface area contributed by atoms with Gasteiger partial charge in [0.15, 0.2) is 9.84 Å². The van der Waals surface area contributed by atoms with Gasteiger partial charge in [-0.05, 0) is 31.2 Å². The molecule has 0 fully saturated rings. The standard InChI is InChI=1S/C17H17NO5S/c1-12-7-9-13(10-8-12)24(21,22)11-16(19)18-15-6-4-3-5-14(15)17(20)23-2/h3-10H,11H2,1-2H3,(H,18,19). The van der Waals surface area contributed by atoms with Gasteiger partial charge in [0, 0.05) is 0 Å². The molecule has 2 aromatic rings. The summed E-state index contributed by atoms with van der Waals surface area (Å²) in [5.41, 5.74) is 1.28. The van der Waals surface area contributed by atoms with Gasteiger partial charge in [-0.2, -0.15) is 0 Å². The van der Waals surface area contributed by atoms with Crippen LogP contribution in [0.5, 0.6) is 0 Å². The van der Waals surface area contributed by atoms with Crippen LogP contribution in [0.3, 0.4) is 0 Å². The van der Waals surface area contributed by atoms with Gasteiger partial charge in [0.25, 0.3) is 0 Å². The number of hydrogen-bond donors (Lipinski definition) is 1. The predicted octanol–water partition coefficient (Wildman–Crippen LogP) is 2.19. The summed E-state index contributed by atoms with van der Waals surface area (Å²) in [6, 6.07) is 12.5. The van der Waals surface area contributed by atoms with Gasteiger partial charge in [-0.3, -0.25) is 4.79 Å². The van der Waals surface area contributed by atoms with Crippen LogP contribution in [0.1, 0.15) is 15.9 Å². The highest BCUT2D eigenvalue weighted by molar-refractivity contribution is 7.92. The maximum atomic E-state index is 12.3. The Labute approximate surface area is 140 Å². The number of ether oxygens (including phenoxy) is 1. The number of hydrogen-bond acceptors (Lipinski definition) is 5. The van der Waals surface area contributed by atoms with Gasteiger partial charge >= 0.3 is 5.97 Å². The van der Waals surface area contributed by atoms with Crippen molar-refractivity contribution in [3.8, 4) is 0 Å². The van der Waals surface area contributed by atoms with Crippen LogP contribution in [0, 0.1) is 6.92 Å². The fourth-order valence-electron chi connectivity index (χ4n) is 2.07. The minimum Gasteiger partial charge on any atom is -0.465 e. The van der Waals surface area contributed by atoms with Crippen molar-refractivity contribution in [2.75, 3.05) is 18.2 Å². The van der Waals surface area contributed by atoms with Crippen LogP contribution in [0.2, 0.25) is 0 Å². The SMILES string of the molecule is COC(=O)c1ccccc1NC(=O)CS(=O)(=O)c1ccc(C)cc1. The molecule has 0 spiro atoms. The van der Waals surface area contributed by atoms with Gasteiger partial charge in [0.2, 0.25) is 5.91 Å². The predicted molar refractivity (Wildman–Crippen MR) is 89.6 cm³/mol. The first-order valence-electron chi connectivity index (χ1n) is 7.10. The summed E-state index contributed by atoms with van der Waals surface area (Å²) >= 11 is 0. The number of anilines is 1. The van der Waals surface area contributed by atoms with Crippen molar-refractivity contribution in [1.29, 1.82) is 0 Å². The molecule has 0 heterocycles. The lowest BCUT2D eigenvalue weighted by molar-refractivity contribution is -0.113. The molecule has 7 heteroatoms. The lowest BCUT2D eigenvalue weighted by Gasteiger charge is -2.10. The molecule has 0 radical (unpaired) electrons. The molecule has 0 aliphatic rings. The number of methoxy groups -OCH3 is 1. The third-order valence-electron chi connectivity index (χ3n) is 3.31. The second-order valence-corrected chi connectivity index (χ2v) is 7.15. The van der Waals surface area contributed by atoms with Crippen molar-refractivity contribution in [2.24, 2.45) is 0 Å². The summed E-state index contributed by atoms with van der Waals surface area (Å²) in [6.07, 6.45) is 0. The average Bonchev–Trinajstić information content (AvgIpc) is 2.54. The molecule has 126 valence electrons. The van der Waals surface area contributed by atoms with Gasteiger partial charge < -0.3 is 10.1 Å². The summed E-state index contributed by atoms with van der Waals surface area (Å²) < 4.78 is 29.2. The lowest BCUT2D eigenvalue weighted by Crippen LogP contribution is -2.24. The second-order valence-electron chi connectivity index (χ2n) is 5.16. The monoisotopic (exact) mass is 347 g/mol. The number of benzene rings is 2. The van der Waals surface area contributed by atoms with Crippen molar-refractivity contribution in [3.63, 3.8) is 0 Å². The van der Waals surface area contributed by atoms with Crippen LogP contribution in [-0.4, -0.2) is 33.2 Å². The van der Waals surface area contributed by atoms with Crippen LogP contribution < -0.4 is 5.32 Å². The van der Waals surface area contributed by atoms with E-state index in [9.17, 15) is 18.0 Å². The van der Waals surface area contributed by atoms with Crippen molar-refractivity contribution in [2.45, 2.75) is 11.8 Å². The lowest BCUT2D eigenvalue weighted by atomic mass is 10.2. The molecule has 1 amide bonds. The van der Waals surface area contributed by atoms with E-state index in [0.29, 0.717) is 0 Å². The number of rotatable bonds is 5. The van der Waals surface area contributed by atoms with Crippen LogP contribution in [-0.2, 0) is 19.4 Å². The maximum absolute atomic E-state index is 12.3. The van der Waals surface area contributed by atoms with Gasteiger partial charge in [-0.15, -0.1) is 0 Å². The van der Waals surface area contributed by atoms with E-state index < -0.39 is 27.5 Å². The summed E-state index contributed by atoms with van der Waals surface area (Å²) in [5, 5.41) is 2.44. The third kappa shape index (κ3) is 4.20. The zero-order valence-electron chi connectivity index (χ0n) is 13.3. The Morgan fingerprint density at radius 3 is 2.29 bits per heavy atom. The van der Waals surface area contributed by atoms with E-state index in [1.807, 2.05) is 6.92 Å². The van der Waals surface area contributed by atoms with E-state index in [1.54, 1.807) is 24.3 Å². The third-order valence-corrected chi connectivity index (χ3v) is 4.94. The topological polar surface area (TPSA) is 89.5 Å². The van der Waals surface area contributed by atoms with Crippen LogP contribution >= 0.6 is 0 Å². The fraction of sp³-hybridized carbons (Fsp3) is 0.176. The van der Waals surface area contributed by atoms with Gasteiger partial charge in [-0.25, -0.2) is 13.2 Å². The number of carbonyl (C=O) groups excluding carboxylic acids is 2. The zero-order chi connectivity index (χ0) is 17.7. The number of sulfone groups is 1. The molecular formula is C17H17NO5S. The molecule has 0 bridgehead atoms. The summed E-state index contributed by atoms with van der Waals surface area (Å²) in [5.74, 6) is -2.06. The second kappa shape index (κ2) is 7.27. The van der Waals surface area contributed by atoms with Crippen molar-refractivity contribution in [3.05, 3.63) is 59.7 Å². The van der Waals surface area contributed by atoms with E-state index >= 15 is 0 Å². The molecule has 1 N–H and O–H groups in total. The van der Waals surface area contributed by atoms with E-state index in [0.717, 1.165) is 5.56 Å². The largest absolute Gasteiger partial charge is 0.465 e. The number of nitrogens with one attached hydrogen (secondary N) is 1. The Balaban J connectivity index is 2.17. The number of carbonyl (C=O) groups is 2. The Hall–Kier alpha value is -2.67. The molecule has 6 nitrogen and oxygen atoms in total. The molecular weight excluding hydrogens is 330 g/mol. The molecule has 2 rings (SSSR count). The summed E-state index contributed by atoms with van der Waals surface area (Å²) in [6.45, 7) is 1.84. The molecule has 2 aromatic carbocycles. The molecule has 0 saturated carbocycles. The van der Waals surface area contributed by atoms with Crippen molar-refractivity contribution < 1.29 is 22.7 Å². The first-order valence-corrected chi connectivity index (χ1v) is 8.75. The van der Waals surface area contributed by atoms with Crippen molar-refractivity contribution in [1.82, 2.24) is 0 Å². The van der Waals surface area contributed by atoms with Crippen LogP contribution in [0.25, 0.3) is 0 Å². The first-order chi connectivity index (χ1) is 11.3. The Morgan fingerprint density at radius 1 is 1.04 bits per heavy atom. The zero-order valence-corrected chi connectivity index (χ0v) is 14.1. The molecule has 0 unspecified atom stereocenters. The van der Waals surface area contributed by atoms with E-state index in [1.165, 1.54) is 31.4 Å². The highest BCUT2D eigenvalue weighted by atomic mass is 32.2. The molecule has 24 heavy (non-hydrogen) atoms. The van der Waals surface area contributed by atoms with Gasteiger partial charge in [0.05, 0.1) is 23.3 Å². The summed E-state index contributed by atoms with van der Waals surface area (Å²) in [4.78, 5) is 23.8. The van der Waals surface area contributed by atoms with Crippen LogP contribution in [0.4, 0.5) is 5.69 Å². The molecule has 0 aliphatic carbocycles. The van der Waals surface area contributed by atoms with Crippen LogP contribution in [0.15, 0.2) is 53.4 Å². The minimum atomic E-state index is -3.76. The fourth-order valence-corrected chi connectivity index (χ4v) is 3.20. The van der Waals surface area contributed by atoms with Crippen molar-refractivity contribution >= 4 is 27.4 Å². The Morgan fingerprint density at radius 2 is 1.67 bits per heavy atom. The average molecular weight is 347 g/mol. The van der Waals surface area contributed by atoms with E-state index in [-0.39, 0.29) is 16.1 Å². The minimum absolute atomic E-state index is 0.0736. The maximum Gasteiger partial charge on any atom is 0.339 e. The smallest absolute Gasteiger partial charge is 0.339 e. The normalized spacial score (nSPS) is 10.9. The number of esters is 1. The van der Waals surface area contributed by atoms with Gasteiger partial charge in [-0.1, -0.05) is 29.8 Å².